The maximum atomic E-state index is 11.3. The molecule has 0 rings (SSSR count). The summed E-state index contributed by atoms with van der Waals surface area (Å²) < 4.78 is 20.5. The van der Waals surface area contributed by atoms with Crippen LogP contribution in [0.2, 0.25) is 0 Å². The van der Waals surface area contributed by atoms with Crippen LogP contribution in [0.15, 0.2) is 0 Å². The molecule has 0 heterocycles. The average Bonchev–Trinajstić information content (AvgIpc) is 2.26. The van der Waals surface area contributed by atoms with Crippen molar-refractivity contribution in [2.75, 3.05) is 13.2 Å². The van der Waals surface area contributed by atoms with E-state index < -0.39 is 7.82 Å². The molecule has 1 amide bonds. The first-order valence-corrected chi connectivity index (χ1v) is 8.28. The number of nitrogens with one attached hydrogen (secondary N) is 1. The Hall–Kier alpha value is -0.420. The number of phosphoric acid groups is 1. The van der Waals surface area contributed by atoms with Gasteiger partial charge >= 0.3 is 7.82 Å². The summed E-state index contributed by atoms with van der Waals surface area (Å²) in [5, 5.41) is 2.83. The predicted molar refractivity (Wildman–Crippen MR) is 73.8 cm³/mol. The molecule has 2 N–H and O–H groups in total. The standard InChI is InChI=1S/C12H26NO5P/c1-4-17-19(15,16)18-10-8-6-5-7-9-12(14)13-11(2)3/h11H,4-10H2,1-3H3,(H,13,14)(H,15,16). The van der Waals surface area contributed by atoms with E-state index in [9.17, 15) is 9.36 Å². The molecular weight excluding hydrogens is 269 g/mol. The van der Waals surface area contributed by atoms with Crippen LogP contribution in [0.1, 0.15) is 52.9 Å². The topological polar surface area (TPSA) is 84.9 Å². The summed E-state index contributed by atoms with van der Waals surface area (Å²) in [6.07, 6.45) is 3.79. The first kappa shape index (κ1) is 18.6. The van der Waals surface area contributed by atoms with E-state index in [1.807, 2.05) is 13.8 Å². The van der Waals surface area contributed by atoms with E-state index >= 15 is 0 Å². The average molecular weight is 295 g/mol. The van der Waals surface area contributed by atoms with E-state index in [0.717, 1.165) is 19.3 Å². The molecule has 0 aliphatic rings. The molecule has 6 nitrogen and oxygen atoms in total. The Morgan fingerprint density at radius 2 is 1.84 bits per heavy atom. The molecule has 0 aliphatic heterocycles. The van der Waals surface area contributed by atoms with Gasteiger partial charge in [0.05, 0.1) is 13.2 Å². The first-order valence-electron chi connectivity index (χ1n) is 6.78. The fourth-order valence-corrected chi connectivity index (χ4v) is 2.28. The van der Waals surface area contributed by atoms with Crippen LogP contribution >= 0.6 is 7.82 Å². The minimum absolute atomic E-state index is 0.0717. The summed E-state index contributed by atoms with van der Waals surface area (Å²) in [7, 11) is -3.84. The zero-order chi connectivity index (χ0) is 14.7. The van der Waals surface area contributed by atoms with E-state index in [2.05, 4.69) is 9.84 Å². The molecule has 0 aromatic heterocycles. The number of carbonyl (C=O) groups is 1. The van der Waals surface area contributed by atoms with Gasteiger partial charge in [0.25, 0.3) is 0 Å². The lowest BCUT2D eigenvalue weighted by Crippen LogP contribution is -2.29. The van der Waals surface area contributed by atoms with Gasteiger partial charge in [0.15, 0.2) is 0 Å². The van der Waals surface area contributed by atoms with Crippen molar-refractivity contribution >= 4 is 13.7 Å². The van der Waals surface area contributed by atoms with Gasteiger partial charge in [-0.3, -0.25) is 13.8 Å². The minimum Gasteiger partial charge on any atom is -0.354 e. The Morgan fingerprint density at radius 1 is 1.21 bits per heavy atom. The van der Waals surface area contributed by atoms with Crippen LogP contribution in [0.5, 0.6) is 0 Å². The third-order valence-electron chi connectivity index (χ3n) is 2.29. The Labute approximate surface area is 115 Å². The largest absolute Gasteiger partial charge is 0.472 e. The van der Waals surface area contributed by atoms with Crippen molar-refractivity contribution in [1.82, 2.24) is 5.32 Å². The van der Waals surface area contributed by atoms with Gasteiger partial charge in [0, 0.05) is 12.5 Å². The number of hydrogen-bond acceptors (Lipinski definition) is 4. The summed E-state index contributed by atoms with van der Waals surface area (Å²) in [5.41, 5.74) is 0. The van der Waals surface area contributed by atoms with E-state index in [0.29, 0.717) is 12.8 Å². The third kappa shape index (κ3) is 12.4. The lowest BCUT2D eigenvalue weighted by molar-refractivity contribution is -0.121. The molecule has 0 saturated carbocycles. The second-order valence-electron chi connectivity index (χ2n) is 4.61. The van der Waals surface area contributed by atoms with Crippen molar-refractivity contribution in [3.05, 3.63) is 0 Å². The number of hydrogen-bond donors (Lipinski definition) is 2. The molecule has 114 valence electrons. The molecule has 0 aromatic rings. The Balaban J connectivity index is 3.41. The monoisotopic (exact) mass is 295 g/mol. The molecule has 0 fully saturated rings. The van der Waals surface area contributed by atoms with Gasteiger partial charge < -0.3 is 10.2 Å². The highest BCUT2D eigenvalue weighted by atomic mass is 31.2. The second-order valence-corrected chi connectivity index (χ2v) is 6.06. The van der Waals surface area contributed by atoms with Crippen LogP contribution in [0, 0.1) is 0 Å². The molecular formula is C12H26NO5P. The Bertz CT molecular complexity index is 296. The number of carbonyl (C=O) groups excluding carboxylic acids is 1. The zero-order valence-electron chi connectivity index (χ0n) is 12.1. The van der Waals surface area contributed by atoms with Crippen LogP contribution in [0.4, 0.5) is 0 Å². The van der Waals surface area contributed by atoms with Crippen molar-refractivity contribution in [2.24, 2.45) is 0 Å². The van der Waals surface area contributed by atoms with Gasteiger partial charge in [-0.05, 0) is 33.6 Å². The molecule has 0 spiro atoms. The molecule has 19 heavy (non-hydrogen) atoms. The maximum absolute atomic E-state index is 11.3. The summed E-state index contributed by atoms with van der Waals surface area (Å²) >= 11 is 0. The normalized spacial score (nSPS) is 14.4. The van der Waals surface area contributed by atoms with Crippen molar-refractivity contribution in [3.63, 3.8) is 0 Å². The van der Waals surface area contributed by atoms with Crippen molar-refractivity contribution < 1.29 is 23.3 Å². The van der Waals surface area contributed by atoms with Gasteiger partial charge in [0.1, 0.15) is 0 Å². The zero-order valence-corrected chi connectivity index (χ0v) is 12.9. The Kier molecular flexibility index (Phi) is 10.1. The lowest BCUT2D eigenvalue weighted by atomic mass is 10.1. The smallest absolute Gasteiger partial charge is 0.354 e. The fourth-order valence-electron chi connectivity index (χ4n) is 1.52. The van der Waals surface area contributed by atoms with Gasteiger partial charge in [-0.25, -0.2) is 4.57 Å². The second kappa shape index (κ2) is 10.4. The minimum atomic E-state index is -3.84. The molecule has 0 aromatic carbocycles. The molecule has 1 atom stereocenters. The van der Waals surface area contributed by atoms with Gasteiger partial charge in [-0.2, -0.15) is 0 Å². The van der Waals surface area contributed by atoms with Gasteiger partial charge in [0.2, 0.25) is 5.91 Å². The molecule has 0 saturated heterocycles. The van der Waals surface area contributed by atoms with Crippen LogP contribution < -0.4 is 5.32 Å². The fraction of sp³-hybridized carbons (Fsp3) is 0.917. The van der Waals surface area contributed by atoms with Gasteiger partial charge in [-0.15, -0.1) is 0 Å². The van der Waals surface area contributed by atoms with Crippen molar-refractivity contribution in [1.29, 1.82) is 0 Å². The highest BCUT2D eigenvalue weighted by molar-refractivity contribution is 7.47. The van der Waals surface area contributed by atoms with Crippen LogP contribution in [0.3, 0.4) is 0 Å². The highest BCUT2D eigenvalue weighted by Gasteiger charge is 2.18. The highest BCUT2D eigenvalue weighted by Crippen LogP contribution is 2.42. The predicted octanol–water partition coefficient (Wildman–Crippen LogP) is 2.62. The number of rotatable bonds is 11. The third-order valence-corrected chi connectivity index (χ3v) is 3.39. The quantitative estimate of drug-likeness (QED) is 0.452. The summed E-state index contributed by atoms with van der Waals surface area (Å²) in [4.78, 5) is 20.5. The van der Waals surface area contributed by atoms with Gasteiger partial charge in [-0.1, -0.05) is 12.8 Å². The molecule has 0 aliphatic carbocycles. The molecule has 7 heteroatoms. The summed E-state index contributed by atoms with van der Waals surface area (Å²) in [5.74, 6) is 0.0717. The van der Waals surface area contributed by atoms with Crippen LogP contribution in [0.25, 0.3) is 0 Å². The number of amides is 1. The number of unbranched alkanes of at least 4 members (excludes halogenated alkanes) is 3. The molecule has 1 unspecified atom stereocenters. The first-order chi connectivity index (χ1) is 8.87. The van der Waals surface area contributed by atoms with Crippen molar-refractivity contribution in [3.8, 4) is 0 Å². The Morgan fingerprint density at radius 3 is 2.42 bits per heavy atom. The molecule has 0 radical (unpaired) electrons. The summed E-state index contributed by atoms with van der Waals surface area (Å²) in [6.45, 7) is 5.85. The lowest BCUT2D eigenvalue weighted by Gasteiger charge is -2.10. The maximum Gasteiger partial charge on any atom is 0.472 e. The van der Waals surface area contributed by atoms with E-state index in [4.69, 9.17) is 9.42 Å². The molecule has 0 bridgehead atoms. The SMILES string of the molecule is CCOP(=O)(O)OCCCCCCC(=O)NC(C)C. The van der Waals surface area contributed by atoms with Crippen LogP contribution in [-0.2, 0) is 18.4 Å². The van der Waals surface area contributed by atoms with E-state index in [-0.39, 0.29) is 25.2 Å². The summed E-state index contributed by atoms with van der Waals surface area (Å²) in [6, 6.07) is 0.179. The van der Waals surface area contributed by atoms with Crippen LogP contribution in [-0.4, -0.2) is 30.1 Å². The van der Waals surface area contributed by atoms with E-state index in [1.54, 1.807) is 6.92 Å². The van der Waals surface area contributed by atoms with E-state index in [1.165, 1.54) is 0 Å². The number of phosphoric ester groups is 1. The van der Waals surface area contributed by atoms with Crippen molar-refractivity contribution in [2.45, 2.75) is 58.9 Å².